The first-order chi connectivity index (χ1) is 8.69. The molecule has 0 unspecified atom stereocenters. The lowest BCUT2D eigenvalue weighted by molar-refractivity contribution is -0.122. The predicted octanol–water partition coefficient (Wildman–Crippen LogP) is 0.429. The first-order valence-corrected chi connectivity index (χ1v) is 5.85. The van der Waals surface area contributed by atoms with E-state index in [0.29, 0.717) is 6.42 Å². The number of hydrogen-bond acceptors (Lipinski definition) is 3. The van der Waals surface area contributed by atoms with Crippen molar-refractivity contribution >= 4 is 16.9 Å². The summed E-state index contributed by atoms with van der Waals surface area (Å²) in [6, 6.07) is 5.77. The summed E-state index contributed by atoms with van der Waals surface area (Å²) in [6.45, 7) is 0. The molecule has 0 fully saturated rings. The number of nitrogens with one attached hydrogen (secondary N) is 4. The van der Waals surface area contributed by atoms with Crippen LogP contribution in [0, 0.1) is 0 Å². The summed E-state index contributed by atoms with van der Waals surface area (Å²) in [7, 11) is 1.66. The van der Waals surface area contributed by atoms with Crippen LogP contribution < -0.4 is 16.5 Å². The van der Waals surface area contributed by atoms with Crippen LogP contribution in [0.4, 0.5) is 0 Å². The van der Waals surface area contributed by atoms with Crippen molar-refractivity contribution in [2.24, 2.45) is 0 Å². The molecule has 2 aromatic rings. The highest BCUT2D eigenvalue weighted by Gasteiger charge is 2.02. The Hall–Kier alpha value is -2.08. The molecule has 96 valence electrons. The Kier molecular flexibility index (Phi) is 3.78. The SMILES string of the molecule is CNNC(=O)CCCc1ccc2[nH]c(=O)[nH]c2c1. The van der Waals surface area contributed by atoms with Gasteiger partial charge >= 0.3 is 5.69 Å². The van der Waals surface area contributed by atoms with E-state index in [-0.39, 0.29) is 11.6 Å². The van der Waals surface area contributed by atoms with Crippen LogP contribution in [-0.2, 0) is 11.2 Å². The zero-order valence-corrected chi connectivity index (χ0v) is 10.2. The third-order valence-electron chi connectivity index (χ3n) is 2.71. The van der Waals surface area contributed by atoms with Gasteiger partial charge in [-0.05, 0) is 30.5 Å². The van der Waals surface area contributed by atoms with Gasteiger partial charge < -0.3 is 9.97 Å². The standard InChI is InChI=1S/C12H16N4O2/c1-13-16-11(17)4-2-3-8-5-6-9-10(7-8)15-12(18)14-9/h5-7,13H,2-4H2,1H3,(H,16,17)(H2,14,15,18). The van der Waals surface area contributed by atoms with Gasteiger partial charge in [-0.15, -0.1) is 0 Å². The number of hydrazine groups is 1. The van der Waals surface area contributed by atoms with Gasteiger partial charge in [0.25, 0.3) is 0 Å². The summed E-state index contributed by atoms with van der Waals surface area (Å²) in [5, 5.41) is 0. The van der Waals surface area contributed by atoms with Crippen molar-refractivity contribution in [3.63, 3.8) is 0 Å². The third kappa shape index (κ3) is 2.98. The second-order valence-corrected chi connectivity index (χ2v) is 4.11. The van der Waals surface area contributed by atoms with Crippen molar-refractivity contribution in [3.8, 4) is 0 Å². The third-order valence-corrected chi connectivity index (χ3v) is 2.71. The molecule has 18 heavy (non-hydrogen) atoms. The van der Waals surface area contributed by atoms with Crippen LogP contribution in [0.25, 0.3) is 11.0 Å². The molecule has 6 heteroatoms. The number of carbonyl (C=O) groups excluding carboxylic acids is 1. The van der Waals surface area contributed by atoms with E-state index in [9.17, 15) is 9.59 Å². The van der Waals surface area contributed by atoms with Crippen molar-refractivity contribution < 1.29 is 4.79 Å². The number of benzene rings is 1. The van der Waals surface area contributed by atoms with Crippen molar-refractivity contribution in [2.75, 3.05) is 7.05 Å². The zero-order valence-electron chi connectivity index (χ0n) is 10.2. The molecule has 2 rings (SSSR count). The fraction of sp³-hybridized carbons (Fsp3) is 0.333. The molecule has 0 aliphatic heterocycles. The van der Waals surface area contributed by atoms with Crippen LogP contribution in [0.15, 0.2) is 23.0 Å². The van der Waals surface area contributed by atoms with Gasteiger partial charge in [-0.3, -0.25) is 10.2 Å². The summed E-state index contributed by atoms with van der Waals surface area (Å²) in [6.07, 6.45) is 2.05. The van der Waals surface area contributed by atoms with Crippen LogP contribution in [-0.4, -0.2) is 22.9 Å². The Bertz CT molecular complexity index is 599. The Morgan fingerprint density at radius 2 is 2.06 bits per heavy atom. The number of aromatic nitrogens is 2. The fourth-order valence-electron chi connectivity index (χ4n) is 1.89. The molecule has 0 spiro atoms. The van der Waals surface area contributed by atoms with Crippen molar-refractivity contribution in [2.45, 2.75) is 19.3 Å². The summed E-state index contributed by atoms with van der Waals surface area (Å²) in [5.41, 5.74) is 7.64. The molecule has 0 radical (unpaired) electrons. The lowest BCUT2D eigenvalue weighted by Crippen LogP contribution is -2.33. The van der Waals surface area contributed by atoms with E-state index in [4.69, 9.17) is 0 Å². The van der Waals surface area contributed by atoms with Gasteiger partial charge in [0.1, 0.15) is 0 Å². The average Bonchev–Trinajstić information content (AvgIpc) is 2.69. The van der Waals surface area contributed by atoms with E-state index in [1.54, 1.807) is 7.05 Å². The minimum atomic E-state index is -0.199. The van der Waals surface area contributed by atoms with Gasteiger partial charge in [0, 0.05) is 13.5 Å². The van der Waals surface area contributed by atoms with Gasteiger partial charge in [0.15, 0.2) is 0 Å². The van der Waals surface area contributed by atoms with Gasteiger partial charge in [-0.1, -0.05) is 6.07 Å². The normalized spacial score (nSPS) is 10.7. The van der Waals surface area contributed by atoms with Gasteiger partial charge in [-0.25, -0.2) is 10.2 Å². The number of H-pyrrole nitrogens is 2. The van der Waals surface area contributed by atoms with Gasteiger partial charge in [0.2, 0.25) is 5.91 Å². The van der Waals surface area contributed by atoms with Crippen LogP contribution in [0.5, 0.6) is 0 Å². The minimum Gasteiger partial charge on any atom is -0.306 e. The first-order valence-electron chi connectivity index (χ1n) is 5.85. The van der Waals surface area contributed by atoms with Crippen LogP contribution in [0.2, 0.25) is 0 Å². The number of carbonyl (C=O) groups is 1. The Morgan fingerprint density at radius 3 is 2.83 bits per heavy atom. The maximum Gasteiger partial charge on any atom is 0.323 e. The van der Waals surface area contributed by atoms with E-state index in [1.807, 2.05) is 18.2 Å². The molecule has 0 saturated carbocycles. The molecule has 0 aliphatic carbocycles. The van der Waals surface area contributed by atoms with Crippen LogP contribution >= 0.6 is 0 Å². The second-order valence-electron chi connectivity index (χ2n) is 4.11. The number of fused-ring (bicyclic) bond motifs is 1. The highest BCUT2D eigenvalue weighted by atomic mass is 16.2. The number of amides is 1. The van der Waals surface area contributed by atoms with Gasteiger partial charge in [0.05, 0.1) is 11.0 Å². The molecule has 0 bridgehead atoms. The monoisotopic (exact) mass is 248 g/mol. The molecule has 1 heterocycles. The lowest BCUT2D eigenvalue weighted by atomic mass is 10.1. The zero-order chi connectivity index (χ0) is 13.0. The van der Waals surface area contributed by atoms with Crippen LogP contribution in [0.3, 0.4) is 0 Å². The Morgan fingerprint density at radius 1 is 1.28 bits per heavy atom. The topological polar surface area (TPSA) is 89.8 Å². The predicted molar refractivity (Wildman–Crippen MR) is 69.1 cm³/mol. The molecule has 0 atom stereocenters. The second kappa shape index (κ2) is 5.50. The van der Waals surface area contributed by atoms with E-state index in [2.05, 4.69) is 20.8 Å². The van der Waals surface area contributed by atoms with Crippen LogP contribution in [0.1, 0.15) is 18.4 Å². The van der Waals surface area contributed by atoms with E-state index in [1.165, 1.54) is 0 Å². The highest BCUT2D eigenvalue weighted by molar-refractivity contribution is 5.76. The molecule has 6 nitrogen and oxygen atoms in total. The van der Waals surface area contributed by atoms with Crippen molar-refractivity contribution in [1.82, 2.24) is 20.8 Å². The number of imidazole rings is 1. The van der Waals surface area contributed by atoms with Crippen molar-refractivity contribution in [3.05, 3.63) is 34.2 Å². The molecule has 1 aromatic heterocycles. The van der Waals surface area contributed by atoms with E-state index in [0.717, 1.165) is 29.4 Å². The average molecular weight is 248 g/mol. The lowest BCUT2D eigenvalue weighted by Gasteiger charge is -2.03. The number of hydrogen-bond donors (Lipinski definition) is 4. The minimum absolute atomic E-state index is 0.0198. The summed E-state index contributed by atoms with van der Waals surface area (Å²) in [4.78, 5) is 27.7. The molecule has 4 N–H and O–H groups in total. The number of aryl methyl sites for hydroxylation is 1. The van der Waals surface area contributed by atoms with Crippen molar-refractivity contribution in [1.29, 1.82) is 0 Å². The number of rotatable bonds is 5. The summed E-state index contributed by atoms with van der Waals surface area (Å²) in [5.74, 6) is -0.0198. The summed E-state index contributed by atoms with van der Waals surface area (Å²) < 4.78 is 0. The number of aromatic amines is 2. The Labute approximate surface area is 104 Å². The molecule has 0 saturated heterocycles. The molecule has 0 aliphatic rings. The summed E-state index contributed by atoms with van der Waals surface area (Å²) >= 11 is 0. The largest absolute Gasteiger partial charge is 0.323 e. The molecule has 1 aromatic carbocycles. The molecular formula is C12H16N4O2. The Balaban J connectivity index is 1.95. The van der Waals surface area contributed by atoms with E-state index >= 15 is 0 Å². The highest BCUT2D eigenvalue weighted by Crippen LogP contribution is 2.12. The molecule has 1 amide bonds. The maximum atomic E-state index is 11.2. The fourth-order valence-corrected chi connectivity index (χ4v) is 1.89. The molecular weight excluding hydrogens is 232 g/mol. The van der Waals surface area contributed by atoms with Gasteiger partial charge in [-0.2, -0.15) is 0 Å². The first kappa shape index (κ1) is 12.4. The smallest absolute Gasteiger partial charge is 0.306 e. The maximum absolute atomic E-state index is 11.2. The quantitative estimate of drug-likeness (QED) is 0.578. The van der Waals surface area contributed by atoms with E-state index < -0.39 is 0 Å².